The van der Waals surface area contributed by atoms with Crippen molar-refractivity contribution < 1.29 is 14.1 Å². The predicted octanol–water partition coefficient (Wildman–Crippen LogP) is 3.06. The van der Waals surface area contributed by atoms with E-state index in [1.165, 1.54) is 0 Å². The lowest BCUT2D eigenvalue weighted by Gasteiger charge is -2.05. The minimum Gasteiger partial charge on any atom is -0.497 e. The molecule has 0 aliphatic rings. The van der Waals surface area contributed by atoms with Gasteiger partial charge in [0, 0.05) is 18.2 Å². The van der Waals surface area contributed by atoms with Crippen LogP contribution >= 0.6 is 0 Å². The van der Waals surface area contributed by atoms with Crippen LogP contribution in [-0.4, -0.2) is 24.7 Å². The Kier molecular flexibility index (Phi) is 5.58. The van der Waals surface area contributed by atoms with Gasteiger partial charge in [0.1, 0.15) is 5.75 Å². The van der Waals surface area contributed by atoms with Crippen LogP contribution in [0.4, 0.5) is 0 Å². The molecule has 118 valence electrons. The number of carbonyl (C=O) groups is 1. The van der Waals surface area contributed by atoms with Gasteiger partial charge in [-0.25, -0.2) is 0 Å². The first kappa shape index (κ1) is 16.1. The quantitative estimate of drug-likeness (QED) is 0.853. The van der Waals surface area contributed by atoms with E-state index in [1.807, 2.05) is 24.3 Å². The molecule has 2 aromatic rings. The van der Waals surface area contributed by atoms with Gasteiger partial charge >= 0.3 is 0 Å². The van der Waals surface area contributed by atoms with Gasteiger partial charge in [-0.15, -0.1) is 0 Å². The molecule has 1 aromatic heterocycles. The van der Waals surface area contributed by atoms with E-state index in [9.17, 15) is 4.79 Å². The summed E-state index contributed by atoms with van der Waals surface area (Å²) in [6.07, 6.45) is 1.21. The van der Waals surface area contributed by atoms with Crippen molar-refractivity contribution in [3.05, 3.63) is 36.0 Å². The first-order valence-corrected chi connectivity index (χ1v) is 7.45. The maximum atomic E-state index is 11.8. The van der Waals surface area contributed by atoms with E-state index in [-0.39, 0.29) is 12.3 Å². The van der Waals surface area contributed by atoms with Gasteiger partial charge in [0.15, 0.2) is 5.76 Å². The molecule has 0 atom stereocenters. The van der Waals surface area contributed by atoms with Crippen LogP contribution in [0.15, 0.2) is 34.9 Å². The van der Waals surface area contributed by atoms with E-state index in [0.717, 1.165) is 17.7 Å². The number of rotatable bonds is 7. The van der Waals surface area contributed by atoms with Gasteiger partial charge in [0.25, 0.3) is 0 Å². The van der Waals surface area contributed by atoms with E-state index in [0.29, 0.717) is 23.9 Å². The summed E-state index contributed by atoms with van der Waals surface area (Å²) in [5.41, 5.74) is 1.53. The van der Waals surface area contributed by atoms with Crippen molar-refractivity contribution >= 4 is 5.91 Å². The maximum absolute atomic E-state index is 11.8. The smallest absolute Gasteiger partial charge is 0.226 e. The van der Waals surface area contributed by atoms with Crippen LogP contribution in [0.5, 0.6) is 5.75 Å². The number of amides is 1. The van der Waals surface area contributed by atoms with E-state index in [4.69, 9.17) is 9.26 Å². The van der Waals surface area contributed by atoms with E-state index >= 15 is 0 Å². The zero-order valence-electron chi connectivity index (χ0n) is 13.3. The number of hydrogen-bond donors (Lipinski definition) is 1. The lowest BCUT2D eigenvalue weighted by molar-refractivity contribution is -0.120. The van der Waals surface area contributed by atoms with Gasteiger partial charge in [-0.1, -0.05) is 19.0 Å². The second-order valence-electron chi connectivity index (χ2n) is 5.62. The molecule has 1 aromatic carbocycles. The minimum absolute atomic E-state index is 0.0322. The second kappa shape index (κ2) is 7.64. The topological polar surface area (TPSA) is 64.4 Å². The fraction of sp³-hybridized carbons (Fsp3) is 0.412. The Bertz CT molecular complexity index is 603. The first-order chi connectivity index (χ1) is 10.6. The van der Waals surface area contributed by atoms with Gasteiger partial charge in [0.2, 0.25) is 5.91 Å². The number of nitrogens with one attached hydrogen (secondary N) is 1. The molecule has 0 saturated heterocycles. The molecule has 1 amide bonds. The average Bonchev–Trinajstić information content (AvgIpc) is 2.95. The monoisotopic (exact) mass is 302 g/mol. The van der Waals surface area contributed by atoms with E-state index in [2.05, 4.69) is 24.3 Å². The largest absolute Gasteiger partial charge is 0.497 e. The Labute approximate surface area is 130 Å². The maximum Gasteiger partial charge on any atom is 0.226 e. The standard InChI is InChI=1S/C17H22N2O3/c1-12(2)8-9-18-17(20)11-14-10-16(22-19-14)13-4-6-15(21-3)7-5-13/h4-7,10,12H,8-9,11H2,1-3H3,(H,18,20). The number of ether oxygens (including phenoxy) is 1. The Morgan fingerprint density at radius 3 is 2.68 bits per heavy atom. The summed E-state index contributed by atoms with van der Waals surface area (Å²) in [7, 11) is 1.62. The highest BCUT2D eigenvalue weighted by Crippen LogP contribution is 2.23. The van der Waals surface area contributed by atoms with Crippen LogP contribution < -0.4 is 10.1 Å². The lowest BCUT2D eigenvalue weighted by Crippen LogP contribution is -2.26. The minimum atomic E-state index is -0.0322. The van der Waals surface area contributed by atoms with E-state index < -0.39 is 0 Å². The zero-order valence-corrected chi connectivity index (χ0v) is 13.3. The summed E-state index contributed by atoms with van der Waals surface area (Å²) in [5, 5.41) is 6.84. The van der Waals surface area contributed by atoms with E-state index in [1.54, 1.807) is 13.2 Å². The Balaban J connectivity index is 1.91. The number of nitrogens with zero attached hydrogens (tertiary/aromatic N) is 1. The molecule has 2 rings (SSSR count). The summed E-state index contributed by atoms with van der Waals surface area (Å²) in [6, 6.07) is 9.30. The molecule has 0 aliphatic heterocycles. The molecular weight excluding hydrogens is 280 g/mol. The van der Waals surface area contributed by atoms with Crippen LogP contribution in [0.25, 0.3) is 11.3 Å². The van der Waals surface area contributed by atoms with Crippen molar-refractivity contribution in [3.8, 4) is 17.1 Å². The number of benzene rings is 1. The highest BCUT2D eigenvalue weighted by Gasteiger charge is 2.10. The molecule has 5 nitrogen and oxygen atoms in total. The van der Waals surface area contributed by atoms with Gasteiger partial charge in [-0.2, -0.15) is 0 Å². The Morgan fingerprint density at radius 1 is 1.32 bits per heavy atom. The van der Waals surface area contributed by atoms with Crippen molar-refractivity contribution in [1.29, 1.82) is 0 Å². The summed E-state index contributed by atoms with van der Waals surface area (Å²) in [4.78, 5) is 11.8. The molecule has 0 radical (unpaired) electrons. The Morgan fingerprint density at radius 2 is 2.05 bits per heavy atom. The second-order valence-corrected chi connectivity index (χ2v) is 5.62. The third-order valence-electron chi connectivity index (χ3n) is 3.32. The third kappa shape index (κ3) is 4.62. The molecule has 22 heavy (non-hydrogen) atoms. The Hall–Kier alpha value is -2.30. The van der Waals surface area contributed by atoms with Crippen LogP contribution in [-0.2, 0) is 11.2 Å². The molecule has 0 unspecified atom stereocenters. The fourth-order valence-corrected chi connectivity index (χ4v) is 2.01. The number of aromatic nitrogens is 1. The van der Waals surface area contributed by atoms with Crippen LogP contribution in [0.1, 0.15) is 26.0 Å². The summed E-state index contributed by atoms with van der Waals surface area (Å²) in [5.74, 6) is 1.98. The molecule has 1 N–H and O–H groups in total. The van der Waals surface area contributed by atoms with Crippen LogP contribution in [0, 0.1) is 5.92 Å². The summed E-state index contributed by atoms with van der Waals surface area (Å²) in [6.45, 7) is 4.95. The van der Waals surface area contributed by atoms with Gasteiger partial charge in [-0.3, -0.25) is 4.79 Å². The molecule has 0 aliphatic carbocycles. The van der Waals surface area contributed by atoms with Crippen molar-refractivity contribution in [2.45, 2.75) is 26.7 Å². The highest BCUT2D eigenvalue weighted by atomic mass is 16.5. The molecule has 0 fully saturated rings. The average molecular weight is 302 g/mol. The van der Waals surface area contributed by atoms with Crippen molar-refractivity contribution in [1.82, 2.24) is 10.5 Å². The van der Waals surface area contributed by atoms with Gasteiger partial charge in [-0.05, 0) is 36.6 Å². The molecular formula is C17H22N2O3. The third-order valence-corrected chi connectivity index (χ3v) is 3.32. The zero-order chi connectivity index (χ0) is 15.9. The van der Waals surface area contributed by atoms with Crippen LogP contribution in [0.2, 0.25) is 0 Å². The summed E-state index contributed by atoms with van der Waals surface area (Å²) >= 11 is 0. The molecule has 5 heteroatoms. The lowest BCUT2D eigenvalue weighted by atomic mass is 10.1. The van der Waals surface area contributed by atoms with Gasteiger partial charge in [0.05, 0.1) is 19.2 Å². The number of methoxy groups -OCH3 is 1. The van der Waals surface area contributed by atoms with Gasteiger partial charge < -0.3 is 14.6 Å². The molecule has 1 heterocycles. The normalized spacial score (nSPS) is 10.7. The van der Waals surface area contributed by atoms with Crippen LogP contribution in [0.3, 0.4) is 0 Å². The highest BCUT2D eigenvalue weighted by molar-refractivity contribution is 5.78. The predicted molar refractivity (Wildman–Crippen MR) is 84.7 cm³/mol. The van der Waals surface area contributed by atoms with Crippen molar-refractivity contribution in [2.24, 2.45) is 5.92 Å². The molecule has 0 saturated carbocycles. The number of hydrogen-bond acceptors (Lipinski definition) is 4. The van der Waals surface area contributed by atoms with Crippen molar-refractivity contribution in [2.75, 3.05) is 13.7 Å². The number of carbonyl (C=O) groups excluding carboxylic acids is 1. The van der Waals surface area contributed by atoms with Crippen molar-refractivity contribution in [3.63, 3.8) is 0 Å². The molecule has 0 bridgehead atoms. The fourth-order valence-electron chi connectivity index (χ4n) is 2.01. The SMILES string of the molecule is COc1ccc(-c2cc(CC(=O)NCCC(C)C)no2)cc1. The molecule has 0 spiro atoms. The summed E-state index contributed by atoms with van der Waals surface area (Å²) < 4.78 is 10.4. The first-order valence-electron chi connectivity index (χ1n) is 7.45.